The summed E-state index contributed by atoms with van der Waals surface area (Å²) in [6.45, 7) is 0. The van der Waals surface area contributed by atoms with Crippen LogP contribution in [0.4, 0.5) is 5.69 Å². The molecule has 0 heterocycles. The van der Waals surface area contributed by atoms with E-state index < -0.39 is 0 Å². The van der Waals surface area contributed by atoms with E-state index >= 15 is 0 Å². The standard InChI is InChI=1S/C17H16ClNO/c18-15-10-12(8-9-16(15)19)17(20)14-7-3-5-11-4-1-2-6-13(11)14/h1-2,4,6,8-10,14H,3,5,7,19H2. The number of carbonyl (C=O) groups is 1. The van der Waals surface area contributed by atoms with Crippen molar-refractivity contribution < 1.29 is 4.79 Å². The third kappa shape index (κ3) is 2.32. The van der Waals surface area contributed by atoms with Crippen LogP contribution < -0.4 is 5.73 Å². The maximum atomic E-state index is 12.7. The minimum absolute atomic E-state index is 0.0559. The molecule has 2 aromatic rings. The predicted molar refractivity (Wildman–Crippen MR) is 82.3 cm³/mol. The molecule has 0 spiro atoms. The molecule has 1 atom stereocenters. The van der Waals surface area contributed by atoms with Crippen LogP contribution in [0.3, 0.4) is 0 Å². The van der Waals surface area contributed by atoms with Gasteiger partial charge in [-0.2, -0.15) is 0 Å². The van der Waals surface area contributed by atoms with Gasteiger partial charge in [0.05, 0.1) is 10.7 Å². The Kier molecular flexibility index (Phi) is 3.49. The van der Waals surface area contributed by atoms with Crippen molar-refractivity contribution in [2.24, 2.45) is 0 Å². The van der Waals surface area contributed by atoms with Gasteiger partial charge in [-0.1, -0.05) is 35.9 Å². The van der Waals surface area contributed by atoms with Crippen molar-refractivity contribution in [1.82, 2.24) is 0 Å². The lowest BCUT2D eigenvalue weighted by Gasteiger charge is -2.24. The van der Waals surface area contributed by atoms with E-state index in [1.165, 1.54) is 5.56 Å². The van der Waals surface area contributed by atoms with Crippen molar-refractivity contribution in [3.8, 4) is 0 Å². The number of aryl methyl sites for hydroxylation is 1. The molecule has 0 aromatic heterocycles. The van der Waals surface area contributed by atoms with Gasteiger partial charge < -0.3 is 5.73 Å². The quantitative estimate of drug-likeness (QED) is 0.663. The molecule has 0 bridgehead atoms. The number of ketones is 1. The highest BCUT2D eigenvalue weighted by Gasteiger charge is 2.27. The Morgan fingerprint density at radius 1 is 1.20 bits per heavy atom. The van der Waals surface area contributed by atoms with Gasteiger partial charge in [-0.15, -0.1) is 0 Å². The summed E-state index contributed by atoms with van der Waals surface area (Å²) >= 11 is 6.02. The molecule has 2 aromatic carbocycles. The van der Waals surface area contributed by atoms with Gasteiger partial charge in [0.25, 0.3) is 0 Å². The Bertz CT molecular complexity index is 666. The molecule has 102 valence electrons. The summed E-state index contributed by atoms with van der Waals surface area (Å²) in [5.74, 6) is 0.0821. The maximum Gasteiger partial charge on any atom is 0.170 e. The molecular formula is C17H16ClNO. The lowest BCUT2D eigenvalue weighted by molar-refractivity contribution is 0.0951. The molecule has 1 aliphatic rings. The average molecular weight is 286 g/mol. The number of Topliss-reactive ketones (excluding diaryl/α,β-unsaturated/α-hetero) is 1. The zero-order chi connectivity index (χ0) is 14.1. The number of halogens is 1. The van der Waals surface area contributed by atoms with Crippen LogP contribution in [0.5, 0.6) is 0 Å². The molecular weight excluding hydrogens is 270 g/mol. The maximum absolute atomic E-state index is 12.7. The van der Waals surface area contributed by atoms with Crippen LogP contribution in [0.15, 0.2) is 42.5 Å². The predicted octanol–water partition coefficient (Wildman–Crippen LogP) is 4.23. The van der Waals surface area contributed by atoms with Crippen LogP contribution in [0.2, 0.25) is 5.02 Å². The van der Waals surface area contributed by atoms with Crippen molar-refractivity contribution in [2.45, 2.75) is 25.2 Å². The van der Waals surface area contributed by atoms with Crippen molar-refractivity contribution >= 4 is 23.1 Å². The van der Waals surface area contributed by atoms with Gasteiger partial charge in [0.15, 0.2) is 5.78 Å². The van der Waals surface area contributed by atoms with E-state index in [1.807, 2.05) is 12.1 Å². The molecule has 2 nitrogen and oxygen atoms in total. The summed E-state index contributed by atoms with van der Waals surface area (Å²) in [6.07, 6.45) is 3.01. The molecule has 3 heteroatoms. The number of rotatable bonds is 2. The van der Waals surface area contributed by atoms with Gasteiger partial charge in [0, 0.05) is 11.5 Å². The number of fused-ring (bicyclic) bond motifs is 1. The number of anilines is 1. The zero-order valence-corrected chi connectivity index (χ0v) is 11.9. The first-order chi connectivity index (χ1) is 9.66. The lowest BCUT2D eigenvalue weighted by atomic mass is 9.79. The molecule has 0 amide bonds. The molecule has 3 rings (SSSR count). The van der Waals surface area contributed by atoms with Crippen molar-refractivity contribution in [3.05, 3.63) is 64.2 Å². The minimum Gasteiger partial charge on any atom is -0.398 e. The smallest absolute Gasteiger partial charge is 0.170 e. The van der Waals surface area contributed by atoms with Crippen LogP contribution in [0, 0.1) is 0 Å². The fourth-order valence-corrected chi connectivity index (χ4v) is 3.09. The largest absolute Gasteiger partial charge is 0.398 e. The molecule has 0 radical (unpaired) electrons. The fourth-order valence-electron chi connectivity index (χ4n) is 2.91. The Morgan fingerprint density at radius 3 is 2.80 bits per heavy atom. The molecule has 0 saturated heterocycles. The van der Waals surface area contributed by atoms with Crippen molar-refractivity contribution in [3.63, 3.8) is 0 Å². The fraction of sp³-hybridized carbons (Fsp3) is 0.235. The first kappa shape index (κ1) is 13.2. The third-order valence-corrected chi connectivity index (χ3v) is 4.30. The second-order valence-electron chi connectivity index (χ2n) is 5.24. The van der Waals surface area contributed by atoms with Gasteiger partial charge in [-0.05, 0) is 48.6 Å². The zero-order valence-electron chi connectivity index (χ0n) is 11.1. The van der Waals surface area contributed by atoms with E-state index in [0.717, 1.165) is 24.8 Å². The molecule has 0 saturated carbocycles. The lowest BCUT2D eigenvalue weighted by Crippen LogP contribution is -2.18. The Hall–Kier alpha value is -1.80. The van der Waals surface area contributed by atoms with E-state index in [9.17, 15) is 4.79 Å². The summed E-state index contributed by atoms with van der Waals surface area (Å²) in [5.41, 5.74) is 9.31. The Balaban J connectivity index is 1.97. The highest BCUT2D eigenvalue weighted by atomic mass is 35.5. The number of carbonyl (C=O) groups excluding carboxylic acids is 1. The summed E-state index contributed by atoms with van der Waals surface area (Å²) in [5, 5.41) is 0.444. The van der Waals surface area contributed by atoms with Gasteiger partial charge in [-0.3, -0.25) is 4.79 Å². The van der Waals surface area contributed by atoms with E-state index in [-0.39, 0.29) is 11.7 Å². The van der Waals surface area contributed by atoms with Crippen LogP contribution in [-0.4, -0.2) is 5.78 Å². The van der Waals surface area contributed by atoms with E-state index in [2.05, 4.69) is 12.1 Å². The number of nitrogen functional groups attached to an aromatic ring is 1. The highest BCUT2D eigenvalue weighted by Crippen LogP contribution is 2.34. The van der Waals surface area contributed by atoms with Crippen LogP contribution >= 0.6 is 11.6 Å². The van der Waals surface area contributed by atoms with Gasteiger partial charge in [0.1, 0.15) is 0 Å². The van der Waals surface area contributed by atoms with Crippen molar-refractivity contribution in [1.29, 1.82) is 0 Å². The van der Waals surface area contributed by atoms with E-state index in [4.69, 9.17) is 17.3 Å². The summed E-state index contributed by atoms with van der Waals surface area (Å²) < 4.78 is 0. The van der Waals surface area contributed by atoms with Crippen LogP contribution in [0.1, 0.15) is 40.2 Å². The molecule has 0 fully saturated rings. The number of benzene rings is 2. The first-order valence-corrected chi connectivity index (χ1v) is 7.21. The normalized spacial score (nSPS) is 17.6. The first-order valence-electron chi connectivity index (χ1n) is 6.84. The average Bonchev–Trinajstić information content (AvgIpc) is 2.49. The SMILES string of the molecule is Nc1ccc(C(=O)C2CCCc3ccccc32)cc1Cl. The second kappa shape index (κ2) is 5.29. The summed E-state index contributed by atoms with van der Waals surface area (Å²) in [7, 11) is 0. The minimum atomic E-state index is -0.0559. The molecule has 1 aliphatic carbocycles. The van der Waals surface area contributed by atoms with Gasteiger partial charge in [0.2, 0.25) is 0 Å². The van der Waals surface area contributed by atoms with Crippen LogP contribution in [0.25, 0.3) is 0 Å². The number of nitrogens with two attached hydrogens (primary N) is 1. The summed E-state index contributed by atoms with van der Waals surface area (Å²) in [4.78, 5) is 12.7. The number of hydrogen-bond acceptors (Lipinski definition) is 2. The van der Waals surface area contributed by atoms with Gasteiger partial charge in [-0.25, -0.2) is 0 Å². The highest BCUT2D eigenvalue weighted by molar-refractivity contribution is 6.33. The van der Waals surface area contributed by atoms with Gasteiger partial charge >= 0.3 is 0 Å². The topological polar surface area (TPSA) is 43.1 Å². The Morgan fingerprint density at radius 2 is 2.00 bits per heavy atom. The molecule has 1 unspecified atom stereocenters. The van der Waals surface area contributed by atoms with Crippen molar-refractivity contribution in [2.75, 3.05) is 5.73 Å². The molecule has 0 aliphatic heterocycles. The van der Waals surface area contributed by atoms with Crippen LogP contribution in [-0.2, 0) is 6.42 Å². The number of hydrogen-bond donors (Lipinski definition) is 1. The summed E-state index contributed by atoms with van der Waals surface area (Å²) in [6, 6.07) is 13.4. The molecule has 2 N–H and O–H groups in total. The van der Waals surface area contributed by atoms with E-state index in [0.29, 0.717) is 16.3 Å². The Labute approximate surface area is 123 Å². The monoisotopic (exact) mass is 285 g/mol. The third-order valence-electron chi connectivity index (χ3n) is 3.97. The molecule has 20 heavy (non-hydrogen) atoms. The second-order valence-corrected chi connectivity index (χ2v) is 5.65. The van der Waals surface area contributed by atoms with E-state index in [1.54, 1.807) is 18.2 Å².